The second kappa shape index (κ2) is 10.9. The summed E-state index contributed by atoms with van der Waals surface area (Å²) in [7, 11) is 1.59. The van der Waals surface area contributed by atoms with Crippen molar-refractivity contribution >= 4 is 29.3 Å². The number of anilines is 1. The maximum absolute atomic E-state index is 12.9. The second-order valence-corrected chi connectivity index (χ2v) is 8.72. The third kappa shape index (κ3) is 5.09. The molecule has 12 nitrogen and oxygen atoms in total. The van der Waals surface area contributed by atoms with Gasteiger partial charge in [-0.25, -0.2) is 15.0 Å². The molecule has 12 heteroatoms. The Balaban J connectivity index is 1.37. The molecule has 36 heavy (non-hydrogen) atoms. The highest BCUT2D eigenvalue weighted by Gasteiger charge is 2.32. The van der Waals surface area contributed by atoms with Crippen LogP contribution in [0, 0.1) is 0 Å². The van der Waals surface area contributed by atoms with Crippen molar-refractivity contribution in [1.82, 2.24) is 30.4 Å². The first kappa shape index (κ1) is 23.9. The van der Waals surface area contributed by atoms with Crippen LogP contribution < -0.4 is 25.8 Å². The second-order valence-electron chi connectivity index (χ2n) is 8.72. The van der Waals surface area contributed by atoms with Crippen LogP contribution in [0.15, 0.2) is 34.5 Å². The van der Waals surface area contributed by atoms with E-state index in [1.807, 2.05) is 17.0 Å². The number of fused-ring (bicyclic) bond motifs is 3. The summed E-state index contributed by atoms with van der Waals surface area (Å²) in [5.74, 6) is 1.97. The van der Waals surface area contributed by atoms with Gasteiger partial charge in [0.1, 0.15) is 11.5 Å². The third-order valence-electron chi connectivity index (χ3n) is 6.32. The molecule has 2 aromatic rings. The molecule has 0 aliphatic carbocycles. The predicted octanol–water partition coefficient (Wildman–Crippen LogP) is 0.625. The van der Waals surface area contributed by atoms with Gasteiger partial charge in [-0.05, 0) is 25.0 Å². The zero-order chi connectivity index (χ0) is 24.9. The van der Waals surface area contributed by atoms with Crippen molar-refractivity contribution in [2.75, 3.05) is 65.3 Å². The number of hydrogen-bond acceptors (Lipinski definition) is 11. The fourth-order valence-corrected chi connectivity index (χ4v) is 4.49. The Hall–Kier alpha value is -3.77. The van der Waals surface area contributed by atoms with E-state index in [9.17, 15) is 4.79 Å². The van der Waals surface area contributed by atoms with E-state index in [1.54, 1.807) is 7.11 Å². The lowest BCUT2D eigenvalue weighted by Crippen LogP contribution is -2.51. The Morgan fingerprint density at radius 1 is 1.19 bits per heavy atom. The number of amidine groups is 1. The SMILES string of the molecule is COc1c(OCCCN2CCNCC2)ccc2c1N=C(NC(=O)c1cnc(N)nc1)N1CCCN=C21. The number of carbonyl (C=O) groups is 1. The zero-order valence-electron chi connectivity index (χ0n) is 20.4. The van der Waals surface area contributed by atoms with Gasteiger partial charge in [-0.3, -0.25) is 20.0 Å². The van der Waals surface area contributed by atoms with Crippen LogP contribution in [0.3, 0.4) is 0 Å². The van der Waals surface area contributed by atoms with Crippen LogP contribution in [0.5, 0.6) is 11.5 Å². The van der Waals surface area contributed by atoms with Crippen LogP contribution in [0.4, 0.5) is 11.6 Å². The maximum Gasteiger partial charge on any atom is 0.261 e. The summed E-state index contributed by atoms with van der Waals surface area (Å²) < 4.78 is 11.9. The number of hydrogen-bond donors (Lipinski definition) is 3. The van der Waals surface area contributed by atoms with Crippen LogP contribution in [0.1, 0.15) is 28.8 Å². The van der Waals surface area contributed by atoms with Gasteiger partial charge in [-0.2, -0.15) is 0 Å². The number of nitrogens with one attached hydrogen (secondary N) is 2. The summed E-state index contributed by atoms with van der Waals surface area (Å²) in [6.45, 7) is 7.12. The molecular weight excluding hydrogens is 462 g/mol. The third-order valence-corrected chi connectivity index (χ3v) is 6.32. The van der Waals surface area contributed by atoms with Gasteiger partial charge in [-0.1, -0.05) is 0 Å². The van der Waals surface area contributed by atoms with Crippen molar-refractivity contribution in [3.8, 4) is 11.5 Å². The number of piperazine rings is 1. The molecule has 0 unspecified atom stereocenters. The molecule has 1 fully saturated rings. The summed E-state index contributed by atoms with van der Waals surface area (Å²) in [5, 5.41) is 6.25. The summed E-state index contributed by atoms with van der Waals surface area (Å²) >= 11 is 0. The molecule has 4 N–H and O–H groups in total. The van der Waals surface area contributed by atoms with Crippen LogP contribution in [-0.4, -0.2) is 97.0 Å². The van der Waals surface area contributed by atoms with Crippen molar-refractivity contribution in [3.63, 3.8) is 0 Å². The smallest absolute Gasteiger partial charge is 0.261 e. The number of nitrogens with two attached hydrogens (primary N) is 1. The summed E-state index contributed by atoms with van der Waals surface area (Å²) in [5.41, 5.74) is 7.25. The molecule has 0 saturated carbocycles. The summed E-state index contributed by atoms with van der Waals surface area (Å²) in [6.07, 6.45) is 4.53. The molecule has 0 bridgehead atoms. The molecule has 0 radical (unpaired) electrons. The lowest BCUT2D eigenvalue weighted by molar-refractivity contribution is 0.0973. The number of aromatic nitrogens is 2. The predicted molar refractivity (Wildman–Crippen MR) is 136 cm³/mol. The minimum Gasteiger partial charge on any atom is -0.491 e. The molecule has 1 saturated heterocycles. The highest BCUT2D eigenvalue weighted by atomic mass is 16.5. The molecule has 4 heterocycles. The standard InChI is InChI=1S/C24H31N9O3/c1-35-20-18(36-13-3-9-32-11-7-26-8-12-32)5-4-17-19(20)30-24(33-10-2-6-27-21(17)33)31-22(34)16-14-28-23(25)29-15-16/h4-5,14-15,26H,2-3,6-13H2,1H3,(H2,25,28,29)(H,30,31,34). The molecule has 3 aliphatic rings. The maximum atomic E-state index is 12.9. The molecule has 1 aromatic carbocycles. The Labute approximate surface area is 209 Å². The van der Waals surface area contributed by atoms with E-state index in [0.717, 1.165) is 57.0 Å². The first-order valence-electron chi connectivity index (χ1n) is 12.2. The first-order valence-corrected chi connectivity index (χ1v) is 12.2. The molecule has 3 aliphatic heterocycles. The number of nitrogen functional groups attached to an aromatic ring is 1. The highest BCUT2D eigenvalue weighted by molar-refractivity contribution is 6.19. The van der Waals surface area contributed by atoms with Crippen LogP contribution in [0.2, 0.25) is 0 Å². The van der Waals surface area contributed by atoms with Crippen molar-refractivity contribution in [2.45, 2.75) is 12.8 Å². The van der Waals surface area contributed by atoms with E-state index in [2.05, 4.69) is 25.5 Å². The molecule has 1 aromatic heterocycles. The van der Waals surface area contributed by atoms with Crippen molar-refractivity contribution in [1.29, 1.82) is 0 Å². The fraction of sp³-hybridized carbons (Fsp3) is 0.458. The van der Waals surface area contributed by atoms with Crippen molar-refractivity contribution in [2.24, 2.45) is 9.98 Å². The van der Waals surface area contributed by atoms with Crippen LogP contribution in [-0.2, 0) is 0 Å². The van der Waals surface area contributed by atoms with E-state index >= 15 is 0 Å². The number of guanidine groups is 1. The molecule has 5 rings (SSSR count). The minimum absolute atomic E-state index is 0.103. The van der Waals surface area contributed by atoms with E-state index < -0.39 is 0 Å². The zero-order valence-corrected chi connectivity index (χ0v) is 20.4. The molecule has 1 amide bonds. The number of carbonyl (C=O) groups excluding carboxylic acids is 1. The lowest BCUT2D eigenvalue weighted by Gasteiger charge is -2.34. The molecular formula is C24H31N9O3. The van der Waals surface area contributed by atoms with Crippen molar-refractivity contribution < 1.29 is 14.3 Å². The van der Waals surface area contributed by atoms with Crippen LogP contribution in [0.25, 0.3) is 0 Å². The fourth-order valence-electron chi connectivity index (χ4n) is 4.49. The average molecular weight is 494 g/mol. The largest absolute Gasteiger partial charge is 0.491 e. The number of aliphatic imine (C=N–C) groups is 2. The quantitative estimate of drug-likeness (QED) is 0.473. The molecule has 0 atom stereocenters. The van der Waals surface area contributed by atoms with Gasteiger partial charge in [0.25, 0.3) is 5.91 Å². The Morgan fingerprint density at radius 2 is 2.00 bits per heavy atom. The van der Waals surface area contributed by atoms with Gasteiger partial charge in [0.2, 0.25) is 11.9 Å². The highest BCUT2D eigenvalue weighted by Crippen LogP contribution is 2.43. The van der Waals surface area contributed by atoms with Gasteiger partial charge >= 0.3 is 0 Å². The summed E-state index contributed by atoms with van der Waals surface area (Å²) in [6, 6.07) is 3.86. The number of benzene rings is 1. The Kier molecular flexibility index (Phi) is 7.23. The minimum atomic E-state index is -0.388. The lowest BCUT2D eigenvalue weighted by atomic mass is 10.1. The van der Waals surface area contributed by atoms with E-state index in [-0.39, 0.29) is 17.4 Å². The Bertz CT molecular complexity index is 1160. The van der Waals surface area contributed by atoms with Gasteiger partial charge < -0.3 is 25.4 Å². The Morgan fingerprint density at radius 3 is 2.78 bits per heavy atom. The molecule has 190 valence electrons. The van der Waals surface area contributed by atoms with Crippen LogP contribution >= 0.6 is 0 Å². The molecule has 0 spiro atoms. The topological polar surface area (TPSA) is 143 Å². The van der Waals surface area contributed by atoms with Gasteiger partial charge in [0.15, 0.2) is 11.5 Å². The van der Waals surface area contributed by atoms with E-state index in [0.29, 0.717) is 42.8 Å². The normalized spacial score (nSPS) is 17.4. The van der Waals surface area contributed by atoms with E-state index in [1.165, 1.54) is 12.4 Å². The number of nitrogens with zero attached hydrogens (tertiary/aromatic N) is 6. The summed E-state index contributed by atoms with van der Waals surface area (Å²) in [4.78, 5) is 34.6. The van der Waals surface area contributed by atoms with Gasteiger partial charge in [0, 0.05) is 63.8 Å². The monoisotopic (exact) mass is 493 g/mol. The van der Waals surface area contributed by atoms with Crippen molar-refractivity contribution in [3.05, 3.63) is 35.7 Å². The number of ether oxygens (including phenoxy) is 2. The number of rotatable bonds is 7. The van der Waals surface area contributed by atoms with Gasteiger partial charge in [-0.15, -0.1) is 0 Å². The average Bonchev–Trinajstić information content (AvgIpc) is 2.92. The number of amides is 1. The van der Waals surface area contributed by atoms with Gasteiger partial charge in [0.05, 0.1) is 19.3 Å². The van der Waals surface area contributed by atoms with E-state index in [4.69, 9.17) is 25.2 Å². The first-order chi connectivity index (χ1) is 17.6. The number of methoxy groups -OCH3 is 1.